The predicted octanol–water partition coefficient (Wildman–Crippen LogP) is 3.94. The zero-order chi connectivity index (χ0) is 13.4. The molecule has 1 aromatic heterocycles. The Kier molecular flexibility index (Phi) is 3.68. The highest BCUT2D eigenvalue weighted by atomic mass is 35.5. The van der Waals surface area contributed by atoms with Crippen molar-refractivity contribution in [2.45, 2.75) is 45.6 Å². The first-order valence-corrected chi connectivity index (χ1v) is 7.29. The van der Waals surface area contributed by atoms with Gasteiger partial charge >= 0.3 is 0 Å². The number of rotatable bonds is 2. The first kappa shape index (κ1) is 13.8. The Bertz CT molecular complexity index is 468. The number of aliphatic hydroxyl groups is 1. The molecule has 18 heavy (non-hydrogen) atoms. The second-order valence-corrected chi connectivity index (χ2v) is 7.53. The molecule has 1 saturated carbocycles. The van der Waals surface area contributed by atoms with Crippen molar-refractivity contribution in [3.8, 4) is 6.07 Å². The highest BCUT2D eigenvalue weighted by Gasteiger charge is 2.45. The van der Waals surface area contributed by atoms with Gasteiger partial charge in [-0.05, 0) is 31.1 Å². The topological polar surface area (TPSA) is 56.9 Å². The Morgan fingerprint density at radius 3 is 2.50 bits per heavy atom. The van der Waals surface area contributed by atoms with Crippen LogP contribution in [0.2, 0.25) is 4.34 Å². The SMILES string of the molecule is CC1(C)CCC(C#N)(C(O)c2ncc(Cl)s2)CC1. The van der Waals surface area contributed by atoms with Crippen molar-refractivity contribution in [1.29, 1.82) is 5.26 Å². The minimum atomic E-state index is -0.823. The summed E-state index contributed by atoms with van der Waals surface area (Å²) >= 11 is 7.10. The summed E-state index contributed by atoms with van der Waals surface area (Å²) in [7, 11) is 0. The molecular formula is C13H17ClN2OS. The molecule has 1 atom stereocenters. The van der Waals surface area contributed by atoms with Crippen molar-refractivity contribution < 1.29 is 5.11 Å². The predicted molar refractivity (Wildman–Crippen MR) is 72.4 cm³/mol. The second-order valence-electron chi connectivity index (χ2n) is 5.84. The molecule has 3 nitrogen and oxygen atoms in total. The normalized spacial score (nSPS) is 23.3. The van der Waals surface area contributed by atoms with E-state index in [2.05, 4.69) is 24.9 Å². The summed E-state index contributed by atoms with van der Waals surface area (Å²) in [5, 5.41) is 20.5. The summed E-state index contributed by atoms with van der Waals surface area (Å²) in [6, 6.07) is 2.34. The average Bonchev–Trinajstić information content (AvgIpc) is 2.76. The van der Waals surface area contributed by atoms with E-state index in [0.29, 0.717) is 9.34 Å². The first-order valence-electron chi connectivity index (χ1n) is 6.09. The van der Waals surface area contributed by atoms with E-state index < -0.39 is 11.5 Å². The molecule has 1 aromatic rings. The summed E-state index contributed by atoms with van der Waals surface area (Å²) in [6.45, 7) is 4.42. The molecule has 1 fully saturated rings. The monoisotopic (exact) mass is 284 g/mol. The van der Waals surface area contributed by atoms with Crippen LogP contribution in [-0.4, -0.2) is 10.1 Å². The number of thiazole rings is 1. The zero-order valence-corrected chi connectivity index (χ0v) is 12.2. The lowest BCUT2D eigenvalue weighted by Crippen LogP contribution is -2.35. The van der Waals surface area contributed by atoms with Gasteiger partial charge in [0.25, 0.3) is 0 Å². The molecule has 0 aromatic carbocycles. The molecule has 0 saturated heterocycles. The Hall–Kier alpha value is -0.630. The maximum atomic E-state index is 10.4. The quantitative estimate of drug-likeness (QED) is 0.895. The third-order valence-corrected chi connectivity index (χ3v) is 5.14. The molecule has 0 radical (unpaired) electrons. The van der Waals surface area contributed by atoms with Crippen LogP contribution in [0.15, 0.2) is 6.20 Å². The van der Waals surface area contributed by atoms with E-state index in [1.165, 1.54) is 17.5 Å². The molecule has 98 valence electrons. The van der Waals surface area contributed by atoms with Gasteiger partial charge in [0.05, 0.1) is 17.7 Å². The smallest absolute Gasteiger partial charge is 0.124 e. The lowest BCUT2D eigenvalue weighted by atomic mass is 9.63. The summed E-state index contributed by atoms with van der Waals surface area (Å²) in [5.41, 5.74) is -0.433. The van der Waals surface area contributed by atoms with Gasteiger partial charge in [0, 0.05) is 0 Å². The van der Waals surface area contributed by atoms with Gasteiger partial charge in [-0.3, -0.25) is 0 Å². The summed E-state index contributed by atoms with van der Waals surface area (Å²) in [4.78, 5) is 4.11. The maximum absolute atomic E-state index is 10.4. The highest BCUT2D eigenvalue weighted by Crippen LogP contribution is 2.51. The molecule has 1 unspecified atom stereocenters. The van der Waals surface area contributed by atoms with Gasteiger partial charge in [0.2, 0.25) is 0 Å². The Labute approximate surface area is 116 Å². The standard InChI is InChI=1S/C13H17ClN2OS/c1-12(2)3-5-13(8-15,6-4-12)10(17)11-16-7-9(14)18-11/h7,10,17H,3-6H2,1-2H3. The molecule has 1 N–H and O–H groups in total. The molecule has 0 spiro atoms. The summed E-state index contributed by atoms with van der Waals surface area (Å²) in [6.07, 6.45) is 4.05. The van der Waals surface area contributed by atoms with Crippen LogP contribution in [0.4, 0.5) is 0 Å². The van der Waals surface area contributed by atoms with Crippen molar-refractivity contribution in [1.82, 2.24) is 4.98 Å². The van der Waals surface area contributed by atoms with E-state index in [9.17, 15) is 10.4 Å². The van der Waals surface area contributed by atoms with Crippen molar-refractivity contribution in [3.05, 3.63) is 15.5 Å². The fourth-order valence-electron chi connectivity index (χ4n) is 2.45. The van der Waals surface area contributed by atoms with Crippen molar-refractivity contribution >= 4 is 22.9 Å². The highest BCUT2D eigenvalue weighted by molar-refractivity contribution is 7.15. The number of hydrogen-bond donors (Lipinski definition) is 1. The van der Waals surface area contributed by atoms with Gasteiger partial charge in [-0.25, -0.2) is 4.98 Å². The Morgan fingerprint density at radius 1 is 1.44 bits per heavy atom. The fourth-order valence-corrected chi connectivity index (χ4v) is 3.48. The third-order valence-electron chi connectivity index (χ3n) is 3.97. The van der Waals surface area contributed by atoms with Crippen LogP contribution in [0.5, 0.6) is 0 Å². The van der Waals surface area contributed by atoms with E-state index in [-0.39, 0.29) is 5.41 Å². The van der Waals surface area contributed by atoms with Crippen molar-refractivity contribution in [2.24, 2.45) is 10.8 Å². The van der Waals surface area contributed by atoms with Gasteiger partial charge in [-0.1, -0.05) is 25.4 Å². The number of nitriles is 1. The molecular weight excluding hydrogens is 268 g/mol. The van der Waals surface area contributed by atoms with Crippen molar-refractivity contribution in [2.75, 3.05) is 0 Å². The first-order chi connectivity index (χ1) is 8.38. The van der Waals surface area contributed by atoms with E-state index in [1.54, 1.807) is 0 Å². The van der Waals surface area contributed by atoms with Crippen LogP contribution in [0, 0.1) is 22.2 Å². The third kappa shape index (κ3) is 2.54. The van der Waals surface area contributed by atoms with Gasteiger partial charge < -0.3 is 5.11 Å². The lowest BCUT2D eigenvalue weighted by molar-refractivity contribution is 0.00943. The van der Waals surface area contributed by atoms with Gasteiger partial charge in [0.15, 0.2) is 0 Å². The number of hydrogen-bond acceptors (Lipinski definition) is 4. The van der Waals surface area contributed by atoms with E-state index >= 15 is 0 Å². The molecule has 1 aliphatic carbocycles. The molecule has 0 aliphatic heterocycles. The van der Waals surface area contributed by atoms with Crippen LogP contribution in [0.25, 0.3) is 0 Å². The van der Waals surface area contributed by atoms with Crippen LogP contribution in [0.3, 0.4) is 0 Å². The minimum absolute atomic E-state index is 0.264. The largest absolute Gasteiger partial charge is 0.384 e. The second kappa shape index (κ2) is 4.80. The van der Waals surface area contributed by atoms with Crippen LogP contribution in [0.1, 0.15) is 50.6 Å². The summed E-state index contributed by atoms with van der Waals surface area (Å²) < 4.78 is 0.549. The molecule has 2 rings (SSSR count). The molecule has 1 aliphatic rings. The van der Waals surface area contributed by atoms with Gasteiger partial charge in [-0.15, -0.1) is 11.3 Å². The molecule has 1 heterocycles. The van der Waals surface area contributed by atoms with Crippen molar-refractivity contribution in [3.63, 3.8) is 0 Å². The number of nitrogens with zero attached hydrogens (tertiary/aromatic N) is 2. The molecule has 0 amide bonds. The lowest BCUT2D eigenvalue weighted by Gasteiger charge is -2.41. The Morgan fingerprint density at radius 2 is 2.06 bits per heavy atom. The number of aliphatic hydroxyl groups excluding tert-OH is 1. The molecule has 5 heteroatoms. The minimum Gasteiger partial charge on any atom is -0.384 e. The average molecular weight is 285 g/mol. The van der Waals surface area contributed by atoms with E-state index in [0.717, 1.165) is 25.7 Å². The number of halogens is 1. The van der Waals surface area contributed by atoms with Crippen LogP contribution < -0.4 is 0 Å². The maximum Gasteiger partial charge on any atom is 0.124 e. The van der Waals surface area contributed by atoms with Crippen LogP contribution in [-0.2, 0) is 0 Å². The van der Waals surface area contributed by atoms with Crippen LogP contribution >= 0.6 is 22.9 Å². The van der Waals surface area contributed by atoms with Gasteiger partial charge in [0.1, 0.15) is 15.4 Å². The number of aromatic nitrogens is 1. The fraction of sp³-hybridized carbons (Fsp3) is 0.692. The van der Waals surface area contributed by atoms with E-state index in [4.69, 9.17) is 11.6 Å². The summed E-state index contributed by atoms with van der Waals surface area (Å²) in [5.74, 6) is 0. The van der Waals surface area contributed by atoms with Gasteiger partial charge in [-0.2, -0.15) is 5.26 Å². The molecule has 0 bridgehead atoms. The van der Waals surface area contributed by atoms with E-state index in [1.807, 2.05) is 0 Å². The Balaban J connectivity index is 2.22. The zero-order valence-electron chi connectivity index (χ0n) is 10.6.